The van der Waals surface area contributed by atoms with Gasteiger partial charge in [-0.05, 0) is 32.1 Å². The molecule has 2 heterocycles. The number of nitrogens with zero attached hydrogens (tertiary/aromatic N) is 1. The van der Waals surface area contributed by atoms with Crippen LogP contribution in [0.1, 0.15) is 48.1 Å². The number of nitrogens with one attached hydrogen (secondary N) is 2. The van der Waals surface area contributed by atoms with E-state index < -0.39 is 6.04 Å². The second kappa shape index (κ2) is 6.65. The third-order valence-electron chi connectivity index (χ3n) is 3.09. The molecule has 1 fully saturated rings. The zero-order chi connectivity index (χ0) is 13.7. The van der Waals surface area contributed by atoms with Crippen LogP contribution in [0.15, 0.2) is 5.38 Å². The van der Waals surface area contributed by atoms with Crippen molar-refractivity contribution < 1.29 is 9.59 Å². The Bertz CT molecular complexity index is 458. The van der Waals surface area contributed by atoms with Gasteiger partial charge in [-0.25, -0.2) is 4.98 Å². The van der Waals surface area contributed by atoms with E-state index in [0.29, 0.717) is 18.7 Å². The van der Waals surface area contributed by atoms with Gasteiger partial charge in [0.25, 0.3) is 5.91 Å². The highest BCUT2D eigenvalue weighted by atomic mass is 32.1. The van der Waals surface area contributed by atoms with Gasteiger partial charge in [0.05, 0.1) is 5.01 Å². The van der Waals surface area contributed by atoms with Crippen molar-refractivity contribution >= 4 is 23.2 Å². The topological polar surface area (TPSA) is 71.1 Å². The number of thiazole rings is 1. The molecule has 1 atom stereocenters. The maximum absolute atomic E-state index is 12.0. The van der Waals surface area contributed by atoms with E-state index in [1.165, 1.54) is 11.3 Å². The molecule has 2 N–H and O–H groups in total. The Labute approximate surface area is 116 Å². The Morgan fingerprint density at radius 1 is 1.58 bits per heavy atom. The molecule has 2 amide bonds. The van der Waals surface area contributed by atoms with Crippen molar-refractivity contribution in [1.82, 2.24) is 15.6 Å². The van der Waals surface area contributed by atoms with E-state index in [1.54, 1.807) is 5.38 Å². The first-order chi connectivity index (χ1) is 9.20. The van der Waals surface area contributed by atoms with Crippen molar-refractivity contribution in [3.8, 4) is 0 Å². The van der Waals surface area contributed by atoms with Crippen molar-refractivity contribution in [2.24, 2.45) is 0 Å². The standard InChI is InChI=1S/C13H19N3O2S/c1-2-5-11-15-10(8-19-11)13(18)16-9-6-3-4-7-14-12(9)17/h8-9H,2-7H2,1H3,(H,14,17)(H,16,18). The third kappa shape index (κ3) is 3.76. The highest BCUT2D eigenvalue weighted by Gasteiger charge is 2.23. The largest absolute Gasteiger partial charge is 0.354 e. The van der Waals surface area contributed by atoms with Gasteiger partial charge in [0, 0.05) is 11.9 Å². The molecule has 0 aromatic carbocycles. The quantitative estimate of drug-likeness (QED) is 0.878. The van der Waals surface area contributed by atoms with Gasteiger partial charge in [-0.15, -0.1) is 11.3 Å². The lowest BCUT2D eigenvalue weighted by Gasteiger charge is -2.14. The fourth-order valence-corrected chi connectivity index (χ4v) is 2.93. The van der Waals surface area contributed by atoms with E-state index in [9.17, 15) is 9.59 Å². The SMILES string of the molecule is CCCc1nc(C(=O)NC2CCCCNC2=O)cs1. The first kappa shape index (κ1) is 14.0. The summed E-state index contributed by atoms with van der Waals surface area (Å²) in [7, 11) is 0. The molecule has 6 heteroatoms. The molecule has 19 heavy (non-hydrogen) atoms. The fourth-order valence-electron chi connectivity index (χ4n) is 2.05. The normalized spacial score (nSPS) is 19.6. The lowest BCUT2D eigenvalue weighted by Crippen LogP contribution is -2.45. The van der Waals surface area contributed by atoms with Gasteiger partial charge < -0.3 is 10.6 Å². The van der Waals surface area contributed by atoms with Crippen molar-refractivity contribution in [2.45, 2.75) is 45.1 Å². The van der Waals surface area contributed by atoms with Gasteiger partial charge in [-0.2, -0.15) is 0 Å². The van der Waals surface area contributed by atoms with Crippen LogP contribution in [0.3, 0.4) is 0 Å². The summed E-state index contributed by atoms with van der Waals surface area (Å²) in [6.07, 6.45) is 4.52. The van der Waals surface area contributed by atoms with Crippen molar-refractivity contribution in [3.63, 3.8) is 0 Å². The van der Waals surface area contributed by atoms with Crippen LogP contribution < -0.4 is 10.6 Å². The molecule has 2 rings (SSSR count). The summed E-state index contributed by atoms with van der Waals surface area (Å²) in [4.78, 5) is 28.1. The third-order valence-corrected chi connectivity index (χ3v) is 4.00. The minimum Gasteiger partial charge on any atom is -0.354 e. The second-order valence-corrected chi connectivity index (χ2v) is 5.63. The van der Waals surface area contributed by atoms with Crippen LogP contribution in [0.25, 0.3) is 0 Å². The number of carbonyl (C=O) groups excluding carboxylic acids is 2. The van der Waals surface area contributed by atoms with E-state index in [4.69, 9.17) is 0 Å². The minimum atomic E-state index is -0.425. The fraction of sp³-hybridized carbons (Fsp3) is 0.615. The van der Waals surface area contributed by atoms with Crippen molar-refractivity contribution in [1.29, 1.82) is 0 Å². The molecular formula is C13H19N3O2S. The molecule has 0 aliphatic carbocycles. The monoisotopic (exact) mass is 281 g/mol. The van der Waals surface area contributed by atoms with Crippen molar-refractivity contribution in [2.75, 3.05) is 6.54 Å². The number of hydrogen-bond acceptors (Lipinski definition) is 4. The summed E-state index contributed by atoms with van der Waals surface area (Å²) in [6.45, 7) is 2.78. The van der Waals surface area contributed by atoms with Crippen LogP contribution in [-0.4, -0.2) is 29.4 Å². The molecule has 5 nitrogen and oxygen atoms in total. The Morgan fingerprint density at radius 2 is 2.42 bits per heavy atom. The molecule has 0 saturated carbocycles. The van der Waals surface area contributed by atoms with Crippen LogP contribution in [0, 0.1) is 0 Å². The Balaban J connectivity index is 1.96. The van der Waals surface area contributed by atoms with E-state index in [-0.39, 0.29) is 11.8 Å². The highest BCUT2D eigenvalue weighted by Crippen LogP contribution is 2.12. The summed E-state index contributed by atoms with van der Waals surface area (Å²) >= 11 is 1.50. The lowest BCUT2D eigenvalue weighted by atomic mass is 10.1. The zero-order valence-corrected chi connectivity index (χ0v) is 11.9. The molecule has 104 valence electrons. The summed E-state index contributed by atoms with van der Waals surface area (Å²) in [5.41, 5.74) is 0.422. The minimum absolute atomic E-state index is 0.0881. The summed E-state index contributed by atoms with van der Waals surface area (Å²) < 4.78 is 0. The van der Waals surface area contributed by atoms with Crippen LogP contribution in [0.2, 0.25) is 0 Å². The van der Waals surface area contributed by atoms with Crippen molar-refractivity contribution in [3.05, 3.63) is 16.1 Å². The molecule has 0 spiro atoms. The smallest absolute Gasteiger partial charge is 0.271 e. The predicted octanol–water partition coefficient (Wildman–Crippen LogP) is 1.49. The number of amides is 2. The van der Waals surface area contributed by atoms with Gasteiger partial charge in [0.2, 0.25) is 5.91 Å². The molecule has 1 aliphatic rings. The second-order valence-electron chi connectivity index (χ2n) is 4.69. The number of carbonyl (C=O) groups is 2. The summed E-state index contributed by atoms with van der Waals surface area (Å²) in [5.74, 6) is -0.337. The van der Waals surface area contributed by atoms with Crippen LogP contribution in [-0.2, 0) is 11.2 Å². The zero-order valence-electron chi connectivity index (χ0n) is 11.1. The number of rotatable bonds is 4. The maximum atomic E-state index is 12.0. The van der Waals surface area contributed by atoms with Gasteiger partial charge >= 0.3 is 0 Å². The molecule has 1 aromatic rings. The molecule has 1 saturated heterocycles. The lowest BCUT2D eigenvalue weighted by molar-refractivity contribution is -0.122. The Hall–Kier alpha value is -1.43. The van der Waals surface area contributed by atoms with Crippen LogP contribution >= 0.6 is 11.3 Å². The van der Waals surface area contributed by atoms with E-state index in [1.807, 2.05) is 0 Å². The maximum Gasteiger partial charge on any atom is 0.271 e. The average molecular weight is 281 g/mol. The van der Waals surface area contributed by atoms with Gasteiger partial charge in [-0.3, -0.25) is 9.59 Å². The average Bonchev–Trinajstić information content (AvgIpc) is 2.77. The Morgan fingerprint density at radius 3 is 3.21 bits per heavy atom. The van der Waals surface area contributed by atoms with Gasteiger partial charge in [-0.1, -0.05) is 6.92 Å². The first-order valence-corrected chi connectivity index (χ1v) is 7.61. The first-order valence-electron chi connectivity index (χ1n) is 6.73. The van der Waals surface area contributed by atoms with Gasteiger partial charge in [0.15, 0.2) is 0 Å². The number of aromatic nitrogens is 1. The van der Waals surface area contributed by atoms with E-state index in [2.05, 4.69) is 22.5 Å². The van der Waals surface area contributed by atoms with Crippen LogP contribution in [0.5, 0.6) is 0 Å². The summed E-state index contributed by atoms with van der Waals surface area (Å²) in [5, 5.41) is 8.31. The molecule has 0 bridgehead atoms. The number of hydrogen-bond donors (Lipinski definition) is 2. The molecular weight excluding hydrogens is 262 g/mol. The van der Waals surface area contributed by atoms with E-state index in [0.717, 1.165) is 30.7 Å². The van der Waals surface area contributed by atoms with Crippen LogP contribution in [0.4, 0.5) is 0 Å². The highest BCUT2D eigenvalue weighted by molar-refractivity contribution is 7.09. The molecule has 1 aromatic heterocycles. The van der Waals surface area contributed by atoms with E-state index >= 15 is 0 Å². The Kier molecular flexibility index (Phi) is 4.90. The molecule has 1 aliphatic heterocycles. The molecule has 0 radical (unpaired) electrons. The molecule has 1 unspecified atom stereocenters. The summed E-state index contributed by atoms with van der Waals surface area (Å²) in [6, 6.07) is -0.425. The van der Waals surface area contributed by atoms with Gasteiger partial charge in [0.1, 0.15) is 11.7 Å². The number of aryl methyl sites for hydroxylation is 1. The predicted molar refractivity (Wildman–Crippen MR) is 74.2 cm³/mol.